The van der Waals surface area contributed by atoms with Gasteiger partial charge in [-0.25, -0.2) is 4.79 Å². The minimum absolute atomic E-state index is 0.372. The van der Waals surface area contributed by atoms with Crippen LogP contribution in [0.25, 0.3) is 0 Å². The van der Waals surface area contributed by atoms with Crippen LogP contribution in [0.1, 0.15) is 22.8 Å². The lowest BCUT2D eigenvalue weighted by molar-refractivity contribution is 0.117. The molecule has 5 heteroatoms. The first-order valence-corrected chi connectivity index (χ1v) is 8.71. The van der Waals surface area contributed by atoms with Gasteiger partial charge in [0, 0.05) is 11.1 Å². The molecule has 128 valence electrons. The van der Waals surface area contributed by atoms with Crippen LogP contribution in [0.15, 0.2) is 66.7 Å². The van der Waals surface area contributed by atoms with Gasteiger partial charge in [0.25, 0.3) is 0 Å². The summed E-state index contributed by atoms with van der Waals surface area (Å²) in [5, 5.41) is 0.546. The summed E-state index contributed by atoms with van der Waals surface area (Å²) in [6.07, 6.45) is -0.970. The van der Waals surface area contributed by atoms with Crippen molar-refractivity contribution in [3.05, 3.63) is 88.4 Å². The van der Waals surface area contributed by atoms with E-state index in [0.29, 0.717) is 23.0 Å². The van der Waals surface area contributed by atoms with Crippen LogP contribution >= 0.6 is 11.6 Å². The standard InChI is InChI=1S/C21H14ClNO3/c22-15-10-11-17-19-18(15)20(13-6-2-1-3-7-13)26-21(24)23(19)12-14-8-4-5-9-16(14)25-17/h1-11,20H,12H2. The molecule has 2 heterocycles. The number of carbonyl (C=O) groups is 1. The fraction of sp³-hybridized carbons (Fsp3) is 0.0952. The molecule has 1 atom stereocenters. The highest BCUT2D eigenvalue weighted by Gasteiger charge is 2.39. The molecule has 2 aliphatic heterocycles. The molecule has 0 N–H and O–H groups in total. The van der Waals surface area contributed by atoms with Crippen molar-refractivity contribution < 1.29 is 14.3 Å². The molecule has 2 aliphatic rings. The SMILES string of the molecule is O=C1OC(c2ccccc2)c2c(Cl)ccc3c2N1Cc1ccccc1O3. The number of hydrogen-bond acceptors (Lipinski definition) is 3. The summed E-state index contributed by atoms with van der Waals surface area (Å²) in [4.78, 5) is 14.4. The van der Waals surface area contributed by atoms with Gasteiger partial charge < -0.3 is 9.47 Å². The number of carbonyl (C=O) groups excluding carboxylic acids is 1. The van der Waals surface area contributed by atoms with Crippen molar-refractivity contribution in [3.8, 4) is 11.5 Å². The first kappa shape index (κ1) is 15.3. The van der Waals surface area contributed by atoms with E-state index in [0.717, 1.165) is 22.4 Å². The molecule has 0 aromatic heterocycles. The van der Waals surface area contributed by atoms with Crippen LogP contribution in [0, 0.1) is 0 Å². The van der Waals surface area contributed by atoms with Crippen LogP contribution in [0.4, 0.5) is 10.5 Å². The van der Waals surface area contributed by atoms with Gasteiger partial charge in [-0.05, 0) is 23.8 Å². The maximum atomic E-state index is 12.8. The topological polar surface area (TPSA) is 38.8 Å². The first-order chi connectivity index (χ1) is 12.7. The summed E-state index contributed by atoms with van der Waals surface area (Å²) >= 11 is 6.54. The molecule has 3 aromatic rings. The lowest BCUT2D eigenvalue weighted by atomic mass is 9.97. The van der Waals surface area contributed by atoms with Crippen molar-refractivity contribution >= 4 is 23.4 Å². The molecule has 0 spiro atoms. The van der Waals surface area contributed by atoms with Gasteiger partial charge in [-0.2, -0.15) is 0 Å². The van der Waals surface area contributed by atoms with Crippen LogP contribution in [0.2, 0.25) is 5.02 Å². The molecule has 5 rings (SSSR count). The number of ether oxygens (including phenoxy) is 2. The van der Waals surface area contributed by atoms with E-state index in [-0.39, 0.29) is 0 Å². The van der Waals surface area contributed by atoms with Gasteiger partial charge in [0.15, 0.2) is 11.9 Å². The Kier molecular flexibility index (Phi) is 3.40. The van der Waals surface area contributed by atoms with Crippen molar-refractivity contribution in [2.75, 3.05) is 4.90 Å². The van der Waals surface area contributed by atoms with Crippen molar-refractivity contribution in [2.45, 2.75) is 12.6 Å². The third-order valence-corrected chi connectivity index (χ3v) is 5.05. The highest BCUT2D eigenvalue weighted by Crippen LogP contribution is 2.50. The highest BCUT2D eigenvalue weighted by molar-refractivity contribution is 6.32. The number of hydrogen-bond donors (Lipinski definition) is 0. The van der Waals surface area contributed by atoms with Gasteiger partial charge in [0.05, 0.1) is 17.3 Å². The van der Waals surface area contributed by atoms with Crippen LogP contribution in [-0.4, -0.2) is 6.09 Å². The van der Waals surface area contributed by atoms with Crippen molar-refractivity contribution in [3.63, 3.8) is 0 Å². The zero-order valence-corrected chi connectivity index (χ0v) is 14.4. The Bertz CT molecular complexity index is 1020. The van der Waals surface area contributed by atoms with Crippen LogP contribution < -0.4 is 9.64 Å². The Morgan fingerprint density at radius 3 is 2.54 bits per heavy atom. The van der Waals surface area contributed by atoms with Gasteiger partial charge in [-0.3, -0.25) is 4.90 Å². The second kappa shape index (κ2) is 5.78. The van der Waals surface area contributed by atoms with Crippen molar-refractivity contribution in [1.29, 1.82) is 0 Å². The summed E-state index contributed by atoms with van der Waals surface area (Å²) in [5.41, 5.74) is 3.22. The second-order valence-electron chi connectivity index (χ2n) is 6.28. The third kappa shape index (κ3) is 2.26. The summed E-state index contributed by atoms with van der Waals surface area (Å²) < 4.78 is 11.9. The molecule has 26 heavy (non-hydrogen) atoms. The average molecular weight is 364 g/mol. The van der Waals surface area contributed by atoms with Gasteiger partial charge in [0.2, 0.25) is 0 Å². The van der Waals surface area contributed by atoms with E-state index in [1.807, 2.05) is 54.6 Å². The molecule has 1 unspecified atom stereocenters. The number of rotatable bonds is 1. The molecule has 0 fully saturated rings. The summed E-state index contributed by atoms with van der Waals surface area (Å²) in [5.74, 6) is 1.34. The summed E-state index contributed by atoms with van der Waals surface area (Å²) in [7, 11) is 0. The van der Waals surface area contributed by atoms with Gasteiger partial charge in [0.1, 0.15) is 5.75 Å². The maximum Gasteiger partial charge on any atom is 0.415 e. The third-order valence-electron chi connectivity index (χ3n) is 4.72. The lowest BCUT2D eigenvalue weighted by Crippen LogP contribution is -2.37. The molecule has 0 bridgehead atoms. The van der Waals surface area contributed by atoms with E-state index >= 15 is 0 Å². The Morgan fingerprint density at radius 1 is 0.923 bits per heavy atom. The second-order valence-corrected chi connectivity index (χ2v) is 6.69. The van der Waals surface area contributed by atoms with Crippen LogP contribution in [0.3, 0.4) is 0 Å². The first-order valence-electron chi connectivity index (χ1n) is 8.33. The van der Waals surface area contributed by atoms with E-state index in [9.17, 15) is 4.79 Å². The molecule has 0 radical (unpaired) electrons. The van der Waals surface area contributed by atoms with Crippen LogP contribution in [0.5, 0.6) is 11.5 Å². The van der Waals surface area contributed by atoms with Crippen molar-refractivity contribution in [1.82, 2.24) is 0 Å². The predicted molar refractivity (Wildman–Crippen MR) is 98.9 cm³/mol. The summed E-state index contributed by atoms with van der Waals surface area (Å²) in [6, 6.07) is 20.9. The molecular formula is C21H14ClNO3. The number of fused-ring (bicyclic) bond motifs is 1. The molecule has 4 nitrogen and oxygen atoms in total. The summed E-state index contributed by atoms with van der Waals surface area (Å²) in [6.45, 7) is 0.372. The Morgan fingerprint density at radius 2 is 1.69 bits per heavy atom. The van der Waals surface area contributed by atoms with Crippen LogP contribution in [-0.2, 0) is 11.3 Å². The largest absolute Gasteiger partial charge is 0.455 e. The van der Waals surface area contributed by atoms with E-state index in [4.69, 9.17) is 21.1 Å². The van der Waals surface area contributed by atoms with Gasteiger partial charge in [-0.1, -0.05) is 60.1 Å². The fourth-order valence-corrected chi connectivity index (χ4v) is 3.77. The monoisotopic (exact) mass is 363 g/mol. The number of amides is 1. The van der Waals surface area contributed by atoms with Gasteiger partial charge in [-0.15, -0.1) is 0 Å². The molecule has 1 amide bonds. The molecule has 0 saturated carbocycles. The number of nitrogens with zero attached hydrogens (tertiary/aromatic N) is 1. The van der Waals surface area contributed by atoms with E-state index < -0.39 is 12.2 Å². The maximum absolute atomic E-state index is 12.8. The predicted octanol–water partition coefficient (Wildman–Crippen LogP) is 5.69. The Hall–Kier alpha value is -2.98. The Labute approximate surface area is 155 Å². The van der Waals surface area contributed by atoms with Gasteiger partial charge >= 0.3 is 6.09 Å². The molecular weight excluding hydrogens is 350 g/mol. The number of benzene rings is 3. The smallest absolute Gasteiger partial charge is 0.415 e. The fourth-order valence-electron chi connectivity index (χ4n) is 3.52. The number of para-hydroxylation sites is 1. The number of cyclic esters (lactones) is 1. The zero-order chi connectivity index (χ0) is 17.7. The minimum atomic E-state index is -0.563. The lowest BCUT2D eigenvalue weighted by Gasteiger charge is -2.34. The molecule has 3 aromatic carbocycles. The van der Waals surface area contributed by atoms with E-state index in [1.165, 1.54) is 0 Å². The number of halogens is 1. The molecule has 0 saturated heterocycles. The minimum Gasteiger partial charge on any atom is -0.455 e. The quantitative estimate of drug-likeness (QED) is 0.557. The Balaban J connectivity index is 1.75. The van der Waals surface area contributed by atoms with E-state index in [2.05, 4.69) is 0 Å². The highest BCUT2D eigenvalue weighted by atomic mass is 35.5. The zero-order valence-electron chi connectivity index (χ0n) is 13.7. The van der Waals surface area contributed by atoms with E-state index in [1.54, 1.807) is 17.0 Å². The number of anilines is 1. The molecule has 0 aliphatic carbocycles. The average Bonchev–Trinajstić information content (AvgIpc) is 2.84. The normalized spacial score (nSPS) is 17.5. The van der Waals surface area contributed by atoms with Crippen molar-refractivity contribution in [2.24, 2.45) is 0 Å².